The van der Waals surface area contributed by atoms with Crippen molar-refractivity contribution in [2.75, 3.05) is 23.3 Å². The Morgan fingerprint density at radius 2 is 1.93 bits per heavy atom. The molecule has 0 unspecified atom stereocenters. The number of likely N-dealkylation sites (N-methyl/N-ethyl adjacent to an activating group) is 1. The van der Waals surface area contributed by atoms with Gasteiger partial charge in [-0.3, -0.25) is 14.6 Å². The van der Waals surface area contributed by atoms with Gasteiger partial charge in [-0.1, -0.05) is 0 Å². The van der Waals surface area contributed by atoms with E-state index in [1.807, 2.05) is 0 Å². The Kier molecular flexibility index (Phi) is 6.36. The third-order valence-electron chi connectivity index (χ3n) is 3.95. The Labute approximate surface area is 163 Å². The fourth-order valence-corrected chi connectivity index (χ4v) is 2.34. The van der Waals surface area contributed by atoms with Crippen LogP contribution in [0.1, 0.15) is 23.7 Å². The molecular weight excluding hydrogens is 391 g/mol. The number of hydrogen-bond acceptors (Lipinski definition) is 7. The van der Waals surface area contributed by atoms with Gasteiger partial charge in [-0.25, -0.2) is 4.98 Å². The van der Waals surface area contributed by atoms with Crippen molar-refractivity contribution in [1.29, 1.82) is 5.41 Å². The van der Waals surface area contributed by atoms with Crippen LogP contribution in [0.4, 0.5) is 30.4 Å². The first-order valence-corrected chi connectivity index (χ1v) is 8.25. The van der Waals surface area contributed by atoms with Gasteiger partial charge in [0.15, 0.2) is 0 Å². The summed E-state index contributed by atoms with van der Waals surface area (Å²) in [6.45, 7) is 1.54. The Morgan fingerprint density at radius 3 is 2.45 bits per heavy atom. The molecule has 2 aromatic heterocycles. The number of nitrogen functional groups attached to an aromatic ring is 2. The number of carbonyl (C=O) groups is 2. The fourth-order valence-electron chi connectivity index (χ4n) is 2.34. The molecule has 2 rings (SSSR count). The molecule has 154 valence electrons. The third-order valence-corrected chi connectivity index (χ3v) is 3.95. The van der Waals surface area contributed by atoms with Gasteiger partial charge in [0.1, 0.15) is 5.82 Å². The van der Waals surface area contributed by atoms with Gasteiger partial charge in [-0.15, -0.1) is 0 Å². The number of alkyl halides is 3. The molecule has 12 heteroatoms. The number of rotatable bonds is 5. The average molecular weight is 409 g/mol. The van der Waals surface area contributed by atoms with Gasteiger partial charge in [0.05, 0.1) is 40.9 Å². The number of halogens is 3. The maximum absolute atomic E-state index is 12.6. The first-order chi connectivity index (χ1) is 13.6. The lowest BCUT2D eigenvalue weighted by molar-refractivity contribution is -0.143. The van der Waals surface area contributed by atoms with Crippen LogP contribution in [0, 0.1) is 5.41 Å². The van der Waals surface area contributed by atoms with Crippen molar-refractivity contribution in [3.63, 3.8) is 0 Å². The van der Waals surface area contributed by atoms with E-state index in [2.05, 4.69) is 15.3 Å². The summed E-state index contributed by atoms with van der Waals surface area (Å²) in [5, 5.41) is 9.57. The SMILES string of the molecule is CCN(Cc1ccc(C(F)(F)F)cn1)C(=O)C(=O)Nc1cnc(N)c(C=N)c1N. The number of pyridine rings is 2. The van der Waals surface area contributed by atoms with Gasteiger partial charge in [0.2, 0.25) is 0 Å². The monoisotopic (exact) mass is 409 g/mol. The quantitative estimate of drug-likeness (QED) is 0.435. The van der Waals surface area contributed by atoms with Crippen LogP contribution in [0.15, 0.2) is 24.5 Å². The number of anilines is 3. The normalized spacial score (nSPS) is 11.0. The summed E-state index contributed by atoms with van der Waals surface area (Å²) >= 11 is 0. The van der Waals surface area contributed by atoms with E-state index in [-0.39, 0.29) is 41.5 Å². The average Bonchev–Trinajstić information content (AvgIpc) is 2.67. The number of hydrogen-bond donors (Lipinski definition) is 4. The van der Waals surface area contributed by atoms with E-state index in [4.69, 9.17) is 16.9 Å². The highest BCUT2D eigenvalue weighted by Gasteiger charge is 2.31. The molecule has 0 aliphatic rings. The lowest BCUT2D eigenvalue weighted by Crippen LogP contribution is -2.39. The van der Waals surface area contributed by atoms with Crippen LogP contribution in [-0.2, 0) is 22.3 Å². The minimum absolute atomic E-state index is 0.000224. The van der Waals surface area contributed by atoms with Gasteiger partial charge < -0.3 is 27.1 Å². The Hall–Kier alpha value is -3.70. The lowest BCUT2D eigenvalue weighted by Gasteiger charge is -2.20. The molecule has 0 aliphatic carbocycles. The van der Waals surface area contributed by atoms with Crippen molar-refractivity contribution in [2.24, 2.45) is 0 Å². The van der Waals surface area contributed by atoms with E-state index < -0.39 is 23.6 Å². The minimum atomic E-state index is -4.52. The van der Waals surface area contributed by atoms with Gasteiger partial charge in [0, 0.05) is 19.0 Å². The van der Waals surface area contributed by atoms with Crippen molar-refractivity contribution in [1.82, 2.24) is 14.9 Å². The molecule has 29 heavy (non-hydrogen) atoms. The number of carbonyl (C=O) groups excluding carboxylic acids is 2. The maximum Gasteiger partial charge on any atom is 0.417 e. The zero-order chi connectivity index (χ0) is 21.8. The highest BCUT2D eigenvalue weighted by molar-refractivity contribution is 6.39. The summed E-state index contributed by atoms with van der Waals surface area (Å²) < 4.78 is 37.8. The van der Waals surface area contributed by atoms with Crippen molar-refractivity contribution in [3.8, 4) is 0 Å². The Balaban J connectivity index is 2.13. The lowest BCUT2D eigenvalue weighted by atomic mass is 10.2. The van der Waals surface area contributed by atoms with E-state index in [1.54, 1.807) is 6.92 Å². The summed E-state index contributed by atoms with van der Waals surface area (Å²) in [4.78, 5) is 33.3. The third kappa shape index (κ3) is 4.97. The highest BCUT2D eigenvalue weighted by atomic mass is 19.4. The molecule has 0 spiro atoms. The second-order valence-corrected chi connectivity index (χ2v) is 5.84. The first kappa shape index (κ1) is 21.6. The summed E-state index contributed by atoms with van der Waals surface area (Å²) in [5.41, 5.74) is 10.7. The fraction of sp³-hybridized carbons (Fsp3) is 0.235. The summed E-state index contributed by atoms with van der Waals surface area (Å²) in [6, 6.07) is 1.98. The molecule has 0 atom stereocenters. The number of nitrogens with zero attached hydrogens (tertiary/aromatic N) is 3. The van der Waals surface area contributed by atoms with Crippen LogP contribution in [0.5, 0.6) is 0 Å². The Bertz CT molecular complexity index is 930. The van der Waals surface area contributed by atoms with E-state index in [0.29, 0.717) is 6.20 Å². The van der Waals surface area contributed by atoms with Crippen molar-refractivity contribution >= 4 is 35.2 Å². The summed E-state index contributed by atoms with van der Waals surface area (Å²) in [7, 11) is 0. The second-order valence-electron chi connectivity index (χ2n) is 5.84. The van der Waals surface area contributed by atoms with E-state index in [0.717, 1.165) is 29.4 Å². The van der Waals surface area contributed by atoms with E-state index in [1.165, 1.54) is 0 Å². The molecule has 0 saturated heterocycles. The molecule has 0 saturated carbocycles. The number of nitrogens with two attached hydrogens (primary N) is 2. The van der Waals surface area contributed by atoms with E-state index >= 15 is 0 Å². The molecule has 2 aromatic rings. The molecule has 2 amide bonds. The van der Waals surface area contributed by atoms with Crippen LogP contribution in [0.2, 0.25) is 0 Å². The predicted molar refractivity (Wildman–Crippen MR) is 99.9 cm³/mol. The van der Waals surface area contributed by atoms with Crippen molar-refractivity contribution in [2.45, 2.75) is 19.6 Å². The van der Waals surface area contributed by atoms with Crippen LogP contribution in [0.3, 0.4) is 0 Å². The van der Waals surface area contributed by atoms with Crippen LogP contribution in [-0.4, -0.2) is 39.4 Å². The van der Waals surface area contributed by atoms with Gasteiger partial charge >= 0.3 is 18.0 Å². The summed E-state index contributed by atoms with van der Waals surface area (Å²) in [6.07, 6.45) is -1.85. The van der Waals surface area contributed by atoms with E-state index in [9.17, 15) is 22.8 Å². The highest BCUT2D eigenvalue weighted by Crippen LogP contribution is 2.28. The van der Waals surface area contributed by atoms with Crippen LogP contribution >= 0.6 is 0 Å². The predicted octanol–water partition coefficient (Wildman–Crippen LogP) is 1.64. The van der Waals surface area contributed by atoms with Gasteiger partial charge in [-0.05, 0) is 19.1 Å². The van der Waals surface area contributed by atoms with Crippen molar-refractivity contribution in [3.05, 3.63) is 41.3 Å². The maximum atomic E-state index is 12.6. The number of aromatic nitrogens is 2. The molecule has 9 nitrogen and oxygen atoms in total. The molecule has 0 aliphatic heterocycles. The van der Waals surface area contributed by atoms with Crippen molar-refractivity contribution < 1.29 is 22.8 Å². The molecule has 2 heterocycles. The Morgan fingerprint density at radius 1 is 1.24 bits per heavy atom. The molecular formula is C17H18F3N7O2. The number of amides is 2. The molecule has 0 fully saturated rings. The topological polar surface area (TPSA) is 151 Å². The van der Waals surface area contributed by atoms with Gasteiger partial charge in [-0.2, -0.15) is 13.2 Å². The van der Waals surface area contributed by atoms with Crippen LogP contribution < -0.4 is 16.8 Å². The minimum Gasteiger partial charge on any atom is -0.396 e. The zero-order valence-corrected chi connectivity index (χ0v) is 15.2. The second kappa shape index (κ2) is 8.54. The van der Waals surface area contributed by atoms with Crippen LogP contribution in [0.25, 0.3) is 0 Å². The molecule has 6 N–H and O–H groups in total. The van der Waals surface area contributed by atoms with Gasteiger partial charge in [0.25, 0.3) is 0 Å². The smallest absolute Gasteiger partial charge is 0.396 e. The molecule has 0 aromatic carbocycles. The first-order valence-electron chi connectivity index (χ1n) is 8.25. The number of nitrogens with one attached hydrogen (secondary N) is 2. The zero-order valence-electron chi connectivity index (χ0n) is 15.2. The molecule has 0 bridgehead atoms. The molecule has 0 radical (unpaired) electrons. The largest absolute Gasteiger partial charge is 0.417 e. The standard InChI is InChI=1S/C17H18F3N7O2/c1-2-27(8-10-4-3-9(6-24-10)17(18,19)20)16(29)15(28)26-12-7-25-14(23)11(5-21)13(12)22/h3-7,21H,2,8H2,1H3,(H,26,28)(H4,22,23,25). The summed E-state index contributed by atoms with van der Waals surface area (Å²) in [5.74, 6) is -1.99.